The zero-order valence-electron chi connectivity index (χ0n) is 9.03. The molecular formula is C12H19NO. The molecule has 0 saturated heterocycles. The van der Waals surface area contributed by atoms with E-state index in [1.54, 1.807) is 0 Å². The van der Waals surface area contributed by atoms with Crippen LogP contribution < -0.4 is 0 Å². The maximum atomic E-state index is 8.88. The van der Waals surface area contributed by atoms with Gasteiger partial charge in [-0.3, -0.25) is 0 Å². The van der Waals surface area contributed by atoms with Crippen LogP contribution in [0.15, 0.2) is 24.3 Å². The van der Waals surface area contributed by atoms with Gasteiger partial charge in [0.1, 0.15) is 0 Å². The van der Waals surface area contributed by atoms with Crippen LogP contribution >= 0.6 is 0 Å². The maximum Gasteiger partial charge on any atom is 0.0681 e. The molecule has 14 heavy (non-hydrogen) atoms. The molecule has 0 unspecified atom stereocenters. The van der Waals surface area contributed by atoms with Crippen molar-refractivity contribution in [3.05, 3.63) is 35.4 Å². The van der Waals surface area contributed by atoms with Crippen molar-refractivity contribution < 1.29 is 5.11 Å². The highest BCUT2D eigenvalue weighted by molar-refractivity contribution is 5.21. The molecule has 0 atom stereocenters. The van der Waals surface area contributed by atoms with E-state index in [4.69, 9.17) is 5.11 Å². The lowest BCUT2D eigenvalue weighted by Gasteiger charge is -2.15. The first kappa shape index (κ1) is 11.2. The predicted molar refractivity (Wildman–Crippen MR) is 59.0 cm³/mol. The predicted octanol–water partition coefficient (Wildman–Crippen LogP) is 2.02. The van der Waals surface area contributed by atoms with Gasteiger partial charge in [0, 0.05) is 6.54 Å². The molecule has 0 aliphatic heterocycles. The van der Waals surface area contributed by atoms with E-state index in [1.807, 2.05) is 12.1 Å². The van der Waals surface area contributed by atoms with Crippen LogP contribution in [0.4, 0.5) is 0 Å². The zero-order valence-corrected chi connectivity index (χ0v) is 9.03. The highest BCUT2D eigenvalue weighted by Crippen LogP contribution is 2.06. The Bertz CT molecular complexity index is 256. The fraction of sp³-hybridized carbons (Fsp3) is 0.500. The van der Waals surface area contributed by atoms with E-state index in [9.17, 15) is 0 Å². The number of nitrogens with zero attached hydrogens (tertiary/aromatic N) is 1. The second-order valence-electron chi connectivity index (χ2n) is 3.71. The Labute approximate surface area is 86.2 Å². The fourth-order valence-corrected chi connectivity index (χ4v) is 1.52. The van der Waals surface area contributed by atoms with Gasteiger partial charge in [-0.2, -0.15) is 0 Å². The highest BCUT2D eigenvalue weighted by Gasteiger charge is 1.98. The first-order chi connectivity index (χ1) is 6.76. The minimum Gasteiger partial charge on any atom is -0.392 e. The molecule has 78 valence electrons. The number of benzene rings is 1. The lowest BCUT2D eigenvalue weighted by atomic mass is 10.1. The number of rotatable bonds is 5. The SMILES string of the molecule is CCCN(C)Cc1ccc(CO)cc1. The first-order valence-electron chi connectivity index (χ1n) is 5.13. The monoisotopic (exact) mass is 193 g/mol. The second kappa shape index (κ2) is 5.78. The molecule has 0 heterocycles. The number of aliphatic hydroxyl groups excluding tert-OH is 1. The van der Waals surface area contributed by atoms with Gasteiger partial charge in [-0.15, -0.1) is 0 Å². The molecule has 0 saturated carbocycles. The van der Waals surface area contributed by atoms with Crippen molar-refractivity contribution in [3.63, 3.8) is 0 Å². The Balaban J connectivity index is 2.50. The lowest BCUT2D eigenvalue weighted by Crippen LogP contribution is -2.18. The molecule has 1 rings (SSSR count). The van der Waals surface area contributed by atoms with Gasteiger partial charge in [-0.25, -0.2) is 0 Å². The molecule has 2 nitrogen and oxygen atoms in total. The molecule has 2 heteroatoms. The summed E-state index contributed by atoms with van der Waals surface area (Å²) in [4.78, 5) is 2.30. The topological polar surface area (TPSA) is 23.5 Å². The van der Waals surface area contributed by atoms with Crippen LogP contribution in [0.3, 0.4) is 0 Å². The molecule has 1 N–H and O–H groups in total. The molecule has 1 aromatic rings. The zero-order chi connectivity index (χ0) is 10.4. The lowest BCUT2D eigenvalue weighted by molar-refractivity contribution is 0.281. The molecular weight excluding hydrogens is 174 g/mol. The van der Waals surface area contributed by atoms with E-state index < -0.39 is 0 Å². The Morgan fingerprint density at radius 3 is 2.21 bits per heavy atom. The summed E-state index contributed by atoms with van der Waals surface area (Å²) in [6.45, 7) is 4.43. The van der Waals surface area contributed by atoms with Crippen molar-refractivity contribution in [1.82, 2.24) is 4.90 Å². The van der Waals surface area contributed by atoms with Crippen molar-refractivity contribution in [2.24, 2.45) is 0 Å². The van der Waals surface area contributed by atoms with Crippen molar-refractivity contribution in [2.75, 3.05) is 13.6 Å². The summed E-state index contributed by atoms with van der Waals surface area (Å²) in [5, 5.41) is 8.88. The van der Waals surface area contributed by atoms with Crippen LogP contribution in [-0.4, -0.2) is 23.6 Å². The molecule has 0 spiro atoms. The number of hydrogen-bond donors (Lipinski definition) is 1. The summed E-state index contributed by atoms with van der Waals surface area (Å²) in [6.07, 6.45) is 1.19. The third kappa shape index (κ3) is 3.48. The van der Waals surface area contributed by atoms with Gasteiger partial charge >= 0.3 is 0 Å². The Hall–Kier alpha value is -0.860. The minimum atomic E-state index is 0.130. The van der Waals surface area contributed by atoms with E-state index in [2.05, 4.69) is 31.0 Å². The molecule has 0 fully saturated rings. The van der Waals surface area contributed by atoms with Gasteiger partial charge in [-0.05, 0) is 31.1 Å². The van der Waals surface area contributed by atoms with E-state index in [1.165, 1.54) is 12.0 Å². The smallest absolute Gasteiger partial charge is 0.0681 e. The third-order valence-electron chi connectivity index (χ3n) is 2.26. The third-order valence-corrected chi connectivity index (χ3v) is 2.26. The maximum absolute atomic E-state index is 8.88. The highest BCUT2D eigenvalue weighted by atomic mass is 16.3. The molecule has 0 aliphatic rings. The van der Waals surface area contributed by atoms with Gasteiger partial charge in [0.05, 0.1) is 6.61 Å². The summed E-state index contributed by atoms with van der Waals surface area (Å²) in [5.74, 6) is 0. The Morgan fingerprint density at radius 1 is 1.14 bits per heavy atom. The largest absolute Gasteiger partial charge is 0.392 e. The average molecular weight is 193 g/mol. The van der Waals surface area contributed by atoms with E-state index >= 15 is 0 Å². The number of hydrogen-bond acceptors (Lipinski definition) is 2. The van der Waals surface area contributed by atoms with Crippen LogP contribution in [0, 0.1) is 0 Å². The van der Waals surface area contributed by atoms with Gasteiger partial charge in [0.15, 0.2) is 0 Å². The van der Waals surface area contributed by atoms with Gasteiger partial charge in [0.2, 0.25) is 0 Å². The van der Waals surface area contributed by atoms with Crippen molar-refractivity contribution in [1.29, 1.82) is 0 Å². The molecule has 0 radical (unpaired) electrons. The first-order valence-corrected chi connectivity index (χ1v) is 5.13. The number of aliphatic hydroxyl groups is 1. The summed E-state index contributed by atoms with van der Waals surface area (Å²) in [5.41, 5.74) is 2.28. The van der Waals surface area contributed by atoms with Crippen LogP contribution in [-0.2, 0) is 13.2 Å². The van der Waals surface area contributed by atoms with Crippen molar-refractivity contribution >= 4 is 0 Å². The van der Waals surface area contributed by atoms with Gasteiger partial charge in [0.25, 0.3) is 0 Å². The fourth-order valence-electron chi connectivity index (χ4n) is 1.52. The Kier molecular flexibility index (Phi) is 4.63. The normalized spacial score (nSPS) is 10.9. The molecule has 0 amide bonds. The van der Waals surface area contributed by atoms with Crippen LogP contribution in [0.1, 0.15) is 24.5 Å². The average Bonchev–Trinajstić information content (AvgIpc) is 2.19. The summed E-state index contributed by atoms with van der Waals surface area (Å²) >= 11 is 0. The summed E-state index contributed by atoms with van der Waals surface area (Å²) in [6, 6.07) is 8.12. The molecule has 0 bridgehead atoms. The van der Waals surface area contributed by atoms with Crippen LogP contribution in [0.5, 0.6) is 0 Å². The molecule has 1 aromatic carbocycles. The van der Waals surface area contributed by atoms with E-state index in [-0.39, 0.29) is 6.61 Å². The molecule has 0 aliphatic carbocycles. The minimum absolute atomic E-state index is 0.130. The quantitative estimate of drug-likeness (QED) is 0.773. The molecule has 0 aromatic heterocycles. The summed E-state index contributed by atoms with van der Waals surface area (Å²) < 4.78 is 0. The van der Waals surface area contributed by atoms with Crippen molar-refractivity contribution in [2.45, 2.75) is 26.5 Å². The van der Waals surface area contributed by atoms with Crippen LogP contribution in [0.25, 0.3) is 0 Å². The van der Waals surface area contributed by atoms with E-state index in [0.717, 1.165) is 18.7 Å². The summed E-state index contributed by atoms with van der Waals surface area (Å²) in [7, 11) is 2.13. The van der Waals surface area contributed by atoms with E-state index in [0.29, 0.717) is 0 Å². The van der Waals surface area contributed by atoms with Gasteiger partial charge in [-0.1, -0.05) is 31.2 Å². The Morgan fingerprint density at radius 2 is 1.71 bits per heavy atom. The second-order valence-corrected chi connectivity index (χ2v) is 3.71. The van der Waals surface area contributed by atoms with Crippen LogP contribution in [0.2, 0.25) is 0 Å². The van der Waals surface area contributed by atoms with Crippen molar-refractivity contribution in [3.8, 4) is 0 Å². The standard InChI is InChI=1S/C12H19NO/c1-3-8-13(2)9-11-4-6-12(10-14)7-5-11/h4-7,14H,3,8-10H2,1-2H3. The van der Waals surface area contributed by atoms with Gasteiger partial charge < -0.3 is 10.0 Å².